The lowest BCUT2D eigenvalue weighted by molar-refractivity contribution is -0.121. The minimum Gasteiger partial charge on any atom is -0.492 e. The van der Waals surface area contributed by atoms with Crippen LogP contribution in [0.5, 0.6) is 5.75 Å². The maximum Gasteiger partial charge on any atom is 0.261 e. The van der Waals surface area contributed by atoms with E-state index >= 15 is 0 Å². The molecule has 0 saturated carbocycles. The number of para-hydroxylation sites is 1. The SMILES string of the molecule is O=C(Cc1ccccc1)NNC(=S)NC(=O)c1ccccc1OCCc1ccccc1. The van der Waals surface area contributed by atoms with Crippen molar-refractivity contribution in [2.45, 2.75) is 12.8 Å². The molecule has 7 heteroatoms. The van der Waals surface area contributed by atoms with E-state index in [1.54, 1.807) is 24.3 Å². The lowest BCUT2D eigenvalue weighted by atomic mass is 10.1. The molecule has 0 heterocycles. The van der Waals surface area contributed by atoms with E-state index in [1.807, 2.05) is 60.7 Å². The molecular weight excluding hydrogens is 410 g/mol. The van der Waals surface area contributed by atoms with Gasteiger partial charge in [0.05, 0.1) is 18.6 Å². The van der Waals surface area contributed by atoms with Crippen LogP contribution in [0.15, 0.2) is 84.9 Å². The van der Waals surface area contributed by atoms with Crippen molar-refractivity contribution in [2.24, 2.45) is 0 Å². The monoisotopic (exact) mass is 433 g/mol. The van der Waals surface area contributed by atoms with Crippen LogP contribution in [-0.4, -0.2) is 23.5 Å². The summed E-state index contributed by atoms with van der Waals surface area (Å²) >= 11 is 5.11. The van der Waals surface area contributed by atoms with Crippen LogP contribution in [0.1, 0.15) is 21.5 Å². The normalized spacial score (nSPS) is 10.1. The third-order valence-electron chi connectivity index (χ3n) is 4.37. The summed E-state index contributed by atoms with van der Waals surface area (Å²) in [7, 11) is 0. The summed E-state index contributed by atoms with van der Waals surface area (Å²) in [6.07, 6.45) is 0.923. The van der Waals surface area contributed by atoms with Crippen molar-refractivity contribution in [2.75, 3.05) is 6.61 Å². The minimum atomic E-state index is -0.426. The molecule has 3 N–H and O–H groups in total. The first-order valence-corrected chi connectivity index (χ1v) is 10.2. The molecule has 31 heavy (non-hydrogen) atoms. The van der Waals surface area contributed by atoms with Gasteiger partial charge in [-0.25, -0.2) is 0 Å². The molecule has 3 aromatic rings. The number of hydrogen-bond acceptors (Lipinski definition) is 4. The highest BCUT2D eigenvalue weighted by atomic mass is 32.1. The largest absolute Gasteiger partial charge is 0.492 e. The highest BCUT2D eigenvalue weighted by Gasteiger charge is 2.14. The Labute approximate surface area is 186 Å². The van der Waals surface area contributed by atoms with Gasteiger partial charge in [-0.15, -0.1) is 0 Å². The van der Waals surface area contributed by atoms with Crippen LogP contribution in [-0.2, 0) is 17.6 Å². The molecule has 158 valence electrons. The van der Waals surface area contributed by atoms with Crippen LogP contribution in [0, 0.1) is 0 Å². The Balaban J connectivity index is 1.48. The van der Waals surface area contributed by atoms with Crippen molar-refractivity contribution >= 4 is 29.1 Å². The lowest BCUT2D eigenvalue weighted by Crippen LogP contribution is -2.48. The highest BCUT2D eigenvalue weighted by molar-refractivity contribution is 7.80. The van der Waals surface area contributed by atoms with Gasteiger partial charge in [-0.3, -0.25) is 25.8 Å². The Morgan fingerprint density at radius 3 is 2.10 bits per heavy atom. The van der Waals surface area contributed by atoms with Crippen molar-refractivity contribution in [1.82, 2.24) is 16.2 Å². The predicted octanol–water partition coefficient (Wildman–Crippen LogP) is 3.19. The van der Waals surface area contributed by atoms with E-state index in [2.05, 4.69) is 16.2 Å². The molecule has 0 fully saturated rings. The summed E-state index contributed by atoms with van der Waals surface area (Å²) < 4.78 is 5.81. The molecule has 0 spiro atoms. The second-order valence-electron chi connectivity index (χ2n) is 6.70. The van der Waals surface area contributed by atoms with E-state index in [-0.39, 0.29) is 17.4 Å². The third kappa shape index (κ3) is 7.24. The Hall–Kier alpha value is -3.71. The van der Waals surface area contributed by atoms with Crippen LogP contribution in [0.2, 0.25) is 0 Å². The summed E-state index contributed by atoms with van der Waals surface area (Å²) in [6.45, 7) is 0.437. The van der Waals surface area contributed by atoms with Gasteiger partial charge in [-0.05, 0) is 35.5 Å². The molecule has 0 unspecified atom stereocenters. The van der Waals surface area contributed by atoms with Gasteiger partial charge in [-0.1, -0.05) is 72.8 Å². The third-order valence-corrected chi connectivity index (χ3v) is 4.58. The molecule has 6 nitrogen and oxygen atoms in total. The molecule has 0 aliphatic rings. The molecule has 0 atom stereocenters. The van der Waals surface area contributed by atoms with Crippen molar-refractivity contribution < 1.29 is 14.3 Å². The van der Waals surface area contributed by atoms with Gasteiger partial charge in [0.2, 0.25) is 5.91 Å². The fourth-order valence-electron chi connectivity index (χ4n) is 2.86. The Kier molecular flexibility index (Phi) is 8.13. The summed E-state index contributed by atoms with van der Waals surface area (Å²) in [4.78, 5) is 24.6. The Morgan fingerprint density at radius 1 is 0.774 bits per heavy atom. The molecule has 3 rings (SSSR count). The summed E-state index contributed by atoms with van der Waals surface area (Å²) in [6, 6.07) is 26.2. The molecule has 0 saturated heterocycles. The fraction of sp³-hybridized carbons (Fsp3) is 0.125. The van der Waals surface area contributed by atoms with Gasteiger partial charge in [0.1, 0.15) is 5.75 Å². The van der Waals surface area contributed by atoms with Gasteiger partial charge in [-0.2, -0.15) is 0 Å². The predicted molar refractivity (Wildman–Crippen MR) is 124 cm³/mol. The number of benzene rings is 3. The molecule has 0 aromatic heterocycles. The van der Waals surface area contributed by atoms with Crippen molar-refractivity contribution in [3.63, 3.8) is 0 Å². The van der Waals surface area contributed by atoms with E-state index < -0.39 is 5.91 Å². The van der Waals surface area contributed by atoms with Gasteiger partial charge in [0.15, 0.2) is 5.11 Å². The number of carbonyl (C=O) groups is 2. The highest BCUT2D eigenvalue weighted by Crippen LogP contribution is 2.18. The zero-order valence-corrected chi connectivity index (χ0v) is 17.7. The van der Waals surface area contributed by atoms with Crippen LogP contribution in [0.3, 0.4) is 0 Å². The standard InChI is InChI=1S/C24H23N3O3S/c28-22(17-19-11-5-2-6-12-19)26-27-24(31)25-23(29)20-13-7-8-14-21(20)30-16-15-18-9-3-1-4-10-18/h1-14H,15-17H2,(H,26,28)(H2,25,27,29,31). The number of nitrogens with one attached hydrogen (secondary N) is 3. The number of hydrogen-bond donors (Lipinski definition) is 3. The maximum atomic E-state index is 12.6. The first-order chi connectivity index (χ1) is 15.1. The molecule has 0 bridgehead atoms. The molecule has 0 aliphatic heterocycles. The zero-order valence-electron chi connectivity index (χ0n) is 16.8. The van der Waals surface area contributed by atoms with E-state index in [9.17, 15) is 9.59 Å². The first kappa shape index (κ1) is 22.0. The lowest BCUT2D eigenvalue weighted by Gasteiger charge is -2.13. The second kappa shape index (κ2) is 11.5. The van der Waals surface area contributed by atoms with Crippen LogP contribution in [0.25, 0.3) is 0 Å². The van der Waals surface area contributed by atoms with Crippen LogP contribution in [0.4, 0.5) is 0 Å². The van der Waals surface area contributed by atoms with Gasteiger partial charge in [0.25, 0.3) is 5.91 Å². The molecule has 3 aromatic carbocycles. The quantitative estimate of drug-likeness (QED) is 0.394. The second-order valence-corrected chi connectivity index (χ2v) is 7.11. The van der Waals surface area contributed by atoms with Crippen LogP contribution >= 0.6 is 12.2 Å². The van der Waals surface area contributed by atoms with Gasteiger partial charge >= 0.3 is 0 Å². The average Bonchev–Trinajstić information content (AvgIpc) is 2.79. The topological polar surface area (TPSA) is 79.5 Å². The molecule has 0 aliphatic carbocycles. The Bertz CT molecular complexity index is 1030. The maximum absolute atomic E-state index is 12.6. The number of carbonyl (C=O) groups excluding carboxylic acids is 2. The zero-order chi connectivity index (χ0) is 21.9. The number of ether oxygens (including phenoxy) is 1. The van der Waals surface area contributed by atoms with E-state index in [0.717, 1.165) is 17.5 Å². The van der Waals surface area contributed by atoms with Crippen molar-refractivity contribution in [3.8, 4) is 5.75 Å². The number of hydrazine groups is 1. The Morgan fingerprint density at radius 2 is 1.39 bits per heavy atom. The summed E-state index contributed by atoms with van der Waals surface area (Å²) in [5.41, 5.74) is 7.41. The number of thiocarbonyl (C=S) groups is 1. The molecular formula is C24H23N3O3S. The smallest absolute Gasteiger partial charge is 0.261 e. The summed E-state index contributed by atoms with van der Waals surface area (Å²) in [5, 5.41) is 2.54. The number of rotatable bonds is 7. The van der Waals surface area contributed by atoms with Crippen LogP contribution < -0.4 is 20.9 Å². The van der Waals surface area contributed by atoms with E-state index in [1.165, 1.54) is 0 Å². The van der Waals surface area contributed by atoms with Gasteiger partial charge < -0.3 is 4.74 Å². The fourth-order valence-corrected chi connectivity index (χ4v) is 3.00. The van der Waals surface area contributed by atoms with Crippen molar-refractivity contribution in [1.29, 1.82) is 0 Å². The van der Waals surface area contributed by atoms with Gasteiger partial charge in [0, 0.05) is 6.42 Å². The molecule has 0 radical (unpaired) electrons. The number of amides is 2. The molecule has 2 amide bonds. The van der Waals surface area contributed by atoms with E-state index in [4.69, 9.17) is 17.0 Å². The summed E-state index contributed by atoms with van der Waals surface area (Å²) in [5.74, 6) is -0.232. The van der Waals surface area contributed by atoms with E-state index in [0.29, 0.717) is 17.9 Å². The average molecular weight is 434 g/mol. The minimum absolute atomic E-state index is 0.00880. The van der Waals surface area contributed by atoms with Crippen molar-refractivity contribution in [3.05, 3.63) is 102 Å². The first-order valence-electron chi connectivity index (χ1n) is 9.81.